The zero-order valence-corrected chi connectivity index (χ0v) is 12.9. The van der Waals surface area contributed by atoms with Crippen LogP contribution in [0.15, 0.2) is 52.5 Å². The van der Waals surface area contributed by atoms with Crippen molar-refractivity contribution in [1.82, 2.24) is 0 Å². The Morgan fingerprint density at radius 1 is 1.26 bits per heavy atom. The van der Waals surface area contributed by atoms with Gasteiger partial charge < -0.3 is 0 Å². The van der Waals surface area contributed by atoms with Gasteiger partial charge in [0.25, 0.3) is 5.69 Å². The van der Waals surface area contributed by atoms with Crippen molar-refractivity contribution in [2.75, 3.05) is 5.43 Å². The summed E-state index contributed by atoms with van der Waals surface area (Å²) < 4.78 is 22.5. The molecule has 2 aromatic carbocycles. The zero-order valence-electron chi connectivity index (χ0n) is 12.1. The molecule has 0 fully saturated rings. The number of nitrogens with zero attached hydrogens (tertiary/aromatic N) is 2. The van der Waals surface area contributed by atoms with E-state index in [2.05, 4.69) is 10.5 Å². The van der Waals surface area contributed by atoms with Gasteiger partial charge in [-0.25, -0.2) is 13.6 Å². The molecule has 9 heteroatoms. The Kier molecular flexibility index (Phi) is 4.72. The van der Waals surface area contributed by atoms with Gasteiger partial charge in [0, 0.05) is 6.07 Å². The Labute approximate surface area is 132 Å². The smallest absolute Gasteiger partial charge is 0.272 e. The second kappa shape index (κ2) is 6.55. The Hall–Kier alpha value is -2.78. The number of hydrogen-bond donors (Lipinski definition) is 2. The number of nitro groups is 1. The Morgan fingerprint density at radius 3 is 2.61 bits per heavy atom. The van der Waals surface area contributed by atoms with Crippen molar-refractivity contribution in [2.24, 2.45) is 10.2 Å². The van der Waals surface area contributed by atoms with Gasteiger partial charge in [0.05, 0.1) is 16.0 Å². The maximum Gasteiger partial charge on any atom is 0.295 e. The molecule has 0 bridgehead atoms. The van der Waals surface area contributed by atoms with Gasteiger partial charge in [0.15, 0.2) is 0 Å². The number of nitrogens with two attached hydrogens (primary N) is 1. The quantitative estimate of drug-likeness (QED) is 0.491. The summed E-state index contributed by atoms with van der Waals surface area (Å²) in [4.78, 5) is 10.0. The summed E-state index contributed by atoms with van der Waals surface area (Å²) in [7, 11) is -4.01. The molecular formula is C14H14N4O4S. The molecule has 0 saturated carbocycles. The Morgan fingerprint density at radius 2 is 2.00 bits per heavy atom. The molecule has 23 heavy (non-hydrogen) atoms. The molecule has 0 aromatic heterocycles. The fraction of sp³-hybridized carbons (Fsp3) is 0.0714. The average molecular weight is 334 g/mol. The summed E-state index contributed by atoms with van der Waals surface area (Å²) in [6.07, 6.45) is 1.50. The van der Waals surface area contributed by atoms with Crippen molar-refractivity contribution in [1.29, 1.82) is 0 Å². The van der Waals surface area contributed by atoms with Crippen LogP contribution >= 0.6 is 0 Å². The predicted octanol–water partition coefficient (Wildman–Crippen LogP) is 2.00. The molecule has 120 valence electrons. The highest BCUT2D eigenvalue weighted by Gasteiger charge is 2.18. The van der Waals surface area contributed by atoms with Crippen LogP contribution in [0.1, 0.15) is 11.1 Å². The molecule has 0 radical (unpaired) electrons. The standard InChI is InChI=1S/C14H14N4O4S/c1-10-3-2-4-11(7-10)9-16-17-13-6-5-12(23(15,21)22)8-14(13)18(19)20/h2-9,17H,1H3,(H2,15,21,22). The molecule has 0 amide bonds. The number of rotatable bonds is 5. The highest BCUT2D eigenvalue weighted by atomic mass is 32.2. The maximum atomic E-state index is 11.3. The number of hydrogen-bond acceptors (Lipinski definition) is 6. The molecule has 0 saturated heterocycles. The van der Waals surface area contributed by atoms with Gasteiger partial charge in [-0.2, -0.15) is 5.10 Å². The third-order valence-corrected chi connectivity index (χ3v) is 3.85. The molecule has 2 aromatic rings. The second-order valence-corrected chi connectivity index (χ2v) is 6.33. The van der Waals surface area contributed by atoms with Crippen molar-refractivity contribution < 1.29 is 13.3 Å². The third kappa shape index (κ3) is 4.34. The molecule has 0 spiro atoms. The van der Waals surface area contributed by atoms with Crippen LogP contribution in [0.3, 0.4) is 0 Å². The van der Waals surface area contributed by atoms with E-state index in [0.717, 1.165) is 17.2 Å². The number of nitro benzene ring substituents is 1. The van der Waals surface area contributed by atoms with Crippen LogP contribution in [0.2, 0.25) is 0 Å². The lowest BCUT2D eigenvalue weighted by Crippen LogP contribution is -2.12. The summed E-state index contributed by atoms with van der Waals surface area (Å²) in [6.45, 7) is 1.93. The predicted molar refractivity (Wildman–Crippen MR) is 86.9 cm³/mol. The topological polar surface area (TPSA) is 128 Å². The van der Waals surface area contributed by atoms with E-state index in [-0.39, 0.29) is 10.6 Å². The maximum absolute atomic E-state index is 11.3. The number of primary sulfonamides is 1. The summed E-state index contributed by atoms with van der Waals surface area (Å²) in [6, 6.07) is 10.8. The Bertz CT molecular complexity index is 878. The van der Waals surface area contributed by atoms with Crippen LogP contribution in [0.25, 0.3) is 0 Å². The molecule has 0 aliphatic carbocycles. The first-order chi connectivity index (χ1) is 10.8. The van der Waals surface area contributed by atoms with Crippen molar-refractivity contribution in [2.45, 2.75) is 11.8 Å². The summed E-state index contributed by atoms with van der Waals surface area (Å²) in [5, 5.41) is 20.0. The van der Waals surface area contributed by atoms with E-state index >= 15 is 0 Å². The second-order valence-electron chi connectivity index (χ2n) is 4.77. The third-order valence-electron chi connectivity index (χ3n) is 2.94. The van der Waals surface area contributed by atoms with Crippen LogP contribution in [0.5, 0.6) is 0 Å². The largest absolute Gasteiger partial charge is 0.295 e. The van der Waals surface area contributed by atoms with Crippen LogP contribution in [0.4, 0.5) is 11.4 Å². The first-order valence-electron chi connectivity index (χ1n) is 6.44. The highest BCUT2D eigenvalue weighted by Crippen LogP contribution is 2.27. The summed E-state index contributed by atoms with van der Waals surface area (Å²) in [5.41, 5.74) is 4.04. The lowest BCUT2D eigenvalue weighted by molar-refractivity contribution is -0.384. The van der Waals surface area contributed by atoms with Crippen LogP contribution in [-0.2, 0) is 10.0 Å². The van der Waals surface area contributed by atoms with E-state index in [9.17, 15) is 18.5 Å². The number of aryl methyl sites for hydroxylation is 1. The van der Waals surface area contributed by atoms with Crippen molar-refractivity contribution in [3.05, 3.63) is 63.7 Å². The normalized spacial score (nSPS) is 11.6. The van der Waals surface area contributed by atoms with Crippen LogP contribution < -0.4 is 10.6 Å². The average Bonchev–Trinajstić information content (AvgIpc) is 2.46. The minimum atomic E-state index is -4.01. The molecule has 3 N–H and O–H groups in total. The van der Waals surface area contributed by atoms with E-state index < -0.39 is 20.6 Å². The van der Waals surface area contributed by atoms with Crippen LogP contribution in [-0.4, -0.2) is 19.6 Å². The van der Waals surface area contributed by atoms with Gasteiger partial charge in [-0.05, 0) is 24.6 Å². The zero-order chi connectivity index (χ0) is 17.0. The number of hydrazone groups is 1. The van der Waals surface area contributed by atoms with E-state index in [1.165, 1.54) is 18.3 Å². The molecule has 0 atom stereocenters. The monoisotopic (exact) mass is 334 g/mol. The minimum absolute atomic E-state index is 0.0614. The van der Waals surface area contributed by atoms with Gasteiger partial charge in [0.1, 0.15) is 5.69 Å². The van der Waals surface area contributed by atoms with Crippen molar-refractivity contribution in [3.8, 4) is 0 Å². The van der Waals surface area contributed by atoms with Crippen molar-refractivity contribution >= 4 is 27.6 Å². The van der Waals surface area contributed by atoms with Gasteiger partial charge in [-0.1, -0.05) is 29.8 Å². The van der Waals surface area contributed by atoms with E-state index in [4.69, 9.17) is 5.14 Å². The molecule has 8 nitrogen and oxygen atoms in total. The fourth-order valence-electron chi connectivity index (χ4n) is 1.86. The van der Waals surface area contributed by atoms with E-state index in [0.29, 0.717) is 0 Å². The molecule has 0 unspecified atom stereocenters. The SMILES string of the molecule is Cc1cccc(C=NNc2ccc(S(N)(=O)=O)cc2[N+](=O)[O-])c1. The van der Waals surface area contributed by atoms with Crippen LogP contribution in [0, 0.1) is 17.0 Å². The first-order valence-corrected chi connectivity index (χ1v) is 7.99. The lowest BCUT2D eigenvalue weighted by Gasteiger charge is -2.04. The highest BCUT2D eigenvalue weighted by molar-refractivity contribution is 7.89. The lowest BCUT2D eigenvalue weighted by atomic mass is 10.2. The number of benzene rings is 2. The van der Waals surface area contributed by atoms with Gasteiger partial charge in [-0.3, -0.25) is 15.5 Å². The summed E-state index contributed by atoms with van der Waals surface area (Å²) >= 11 is 0. The molecule has 2 rings (SSSR count). The molecule has 0 aliphatic rings. The number of sulfonamides is 1. The molecule has 0 heterocycles. The summed E-state index contributed by atoms with van der Waals surface area (Å²) in [5.74, 6) is 0. The van der Waals surface area contributed by atoms with Gasteiger partial charge >= 0.3 is 0 Å². The van der Waals surface area contributed by atoms with Gasteiger partial charge in [0.2, 0.25) is 10.0 Å². The first kappa shape index (κ1) is 16.6. The Balaban J connectivity index is 2.27. The minimum Gasteiger partial charge on any atom is -0.272 e. The number of anilines is 1. The number of nitrogens with one attached hydrogen (secondary N) is 1. The fourth-order valence-corrected chi connectivity index (χ4v) is 2.39. The van der Waals surface area contributed by atoms with Crippen molar-refractivity contribution in [3.63, 3.8) is 0 Å². The molecule has 0 aliphatic heterocycles. The molecular weight excluding hydrogens is 320 g/mol. The van der Waals surface area contributed by atoms with E-state index in [1.807, 2.05) is 31.2 Å². The van der Waals surface area contributed by atoms with Gasteiger partial charge in [-0.15, -0.1) is 0 Å². The van der Waals surface area contributed by atoms with E-state index in [1.54, 1.807) is 0 Å².